The molecule has 0 bridgehead atoms. The highest BCUT2D eigenvalue weighted by atomic mass is 16.5. The minimum atomic E-state index is -0.611. The highest BCUT2D eigenvalue weighted by molar-refractivity contribution is 5.98. The zero-order valence-corrected chi connectivity index (χ0v) is 16.4. The summed E-state index contributed by atoms with van der Waals surface area (Å²) in [5.41, 5.74) is 0.489. The summed E-state index contributed by atoms with van der Waals surface area (Å²) in [5.74, 6) is -0.992. The van der Waals surface area contributed by atoms with Crippen LogP contribution in [0.5, 0.6) is 0 Å². The molecule has 0 heterocycles. The Morgan fingerprint density at radius 3 is 2.00 bits per heavy atom. The van der Waals surface area contributed by atoms with E-state index in [9.17, 15) is 14.4 Å². The first kappa shape index (κ1) is 21.4. The van der Waals surface area contributed by atoms with Crippen LogP contribution in [0.4, 0.5) is 0 Å². The maximum atomic E-state index is 12.6. The maximum Gasteiger partial charge on any atom is 0.305 e. The van der Waals surface area contributed by atoms with Crippen molar-refractivity contribution in [3.8, 4) is 0 Å². The zero-order valence-electron chi connectivity index (χ0n) is 16.4. The fourth-order valence-corrected chi connectivity index (χ4v) is 2.67. The number of hydrogen-bond donors (Lipinski definition) is 1. The van der Waals surface area contributed by atoms with Crippen LogP contribution < -0.4 is 5.32 Å². The molecule has 0 saturated heterocycles. The summed E-state index contributed by atoms with van der Waals surface area (Å²) in [4.78, 5) is 35.9. The molecule has 6 heteroatoms. The molecule has 0 aliphatic rings. The van der Waals surface area contributed by atoms with Crippen LogP contribution in [0.1, 0.15) is 49.9 Å². The van der Waals surface area contributed by atoms with Crippen LogP contribution in [0.2, 0.25) is 0 Å². The van der Waals surface area contributed by atoms with E-state index in [-0.39, 0.29) is 31.1 Å². The quantitative estimate of drug-likeness (QED) is 0.632. The standard InChI is InChI=1S/C22H27NO5/c1-3-7-20(24)27-14-19(15-28-21(25)8-4-2)23-22(26)18-12-11-16-9-5-6-10-17(16)13-18/h5-6,9-13,19H,3-4,7-8,14-15H2,1-2H3,(H,23,26). The van der Waals surface area contributed by atoms with Crippen molar-refractivity contribution < 1.29 is 23.9 Å². The molecule has 1 amide bonds. The molecule has 0 unspecified atom stereocenters. The second kappa shape index (κ2) is 11.1. The van der Waals surface area contributed by atoms with E-state index in [1.54, 1.807) is 12.1 Å². The SMILES string of the molecule is CCCC(=O)OCC(COC(=O)CCC)NC(=O)c1ccc2ccccc2c1. The van der Waals surface area contributed by atoms with Gasteiger partial charge in [-0.2, -0.15) is 0 Å². The van der Waals surface area contributed by atoms with Gasteiger partial charge in [0, 0.05) is 18.4 Å². The maximum absolute atomic E-state index is 12.6. The van der Waals surface area contributed by atoms with E-state index in [1.807, 2.05) is 44.2 Å². The molecule has 28 heavy (non-hydrogen) atoms. The summed E-state index contributed by atoms with van der Waals surface area (Å²) < 4.78 is 10.4. The van der Waals surface area contributed by atoms with E-state index < -0.39 is 6.04 Å². The van der Waals surface area contributed by atoms with Crippen molar-refractivity contribution in [3.63, 3.8) is 0 Å². The number of fused-ring (bicyclic) bond motifs is 1. The highest BCUT2D eigenvalue weighted by Crippen LogP contribution is 2.15. The Morgan fingerprint density at radius 2 is 1.43 bits per heavy atom. The first-order chi connectivity index (χ1) is 13.5. The number of carbonyl (C=O) groups is 3. The normalized spacial score (nSPS) is 10.7. The first-order valence-electron chi connectivity index (χ1n) is 9.64. The first-order valence-corrected chi connectivity index (χ1v) is 9.64. The van der Waals surface area contributed by atoms with Crippen LogP contribution in [-0.2, 0) is 19.1 Å². The van der Waals surface area contributed by atoms with Crippen molar-refractivity contribution in [3.05, 3.63) is 48.0 Å². The summed E-state index contributed by atoms with van der Waals surface area (Å²) in [6.45, 7) is 3.68. The lowest BCUT2D eigenvalue weighted by Crippen LogP contribution is -2.42. The van der Waals surface area contributed by atoms with Crippen LogP contribution in [0, 0.1) is 0 Å². The number of benzene rings is 2. The van der Waals surface area contributed by atoms with Crippen LogP contribution in [-0.4, -0.2) is 37.1 Å². The average molecular weight is 385 g/mol. The topological polar surface area (TPSA) is 81.7 Å². The molecule has 0 aliphatic carbocycles. The van der Waals surface area contributed by atoms with Crippen LogP contribution in [0.3, 0.4) is 0 Å². The van der Waals surface area contributed by atoms with Gasteiger partial charge < -0.3 is 14.8 Å². The number of rotatable bonds is 10. The molecule has 0 radical (unpaired) electrons. The van der Waals surface area contributed by atoms with Crippen molar-refractivity contribution in [2.75, 3.05) is 13.2 Å². The lowest BCUT2D eigenvalue weighted by atomic mass is 10.1. The fourth-order valence-electron chi connectivity index (χ4n) is 2.67. The van der Waals surface area contributed by atoms with Gasteiger partial charge in [0.05, 0.1) is 6.04 Å². The summed E-state index contributed by atoms with van der Waals surface area (Å²) in [6.07, 6.45) is 1.97. The molecule has 6 nitrogen and oxygen atoms in total. The Kier molecular flexibility index (Phi) is 8.46. The highest BCUT2D eigenvalue weighted by Gasteiger charge is 2.18. The molecule has 2 rings (SSSR count). The number of carbonyl (C=O) groups excluding carboxylic acids is 3. The fraction of sp³-hybridized carbons (Fsp3) is 0.409. The van der Waals surface area contributed by atoms with E-state index in [1.165, 1.54) is 0 Å². The molecule has 1 N–H and O–H groups in total. The van der Waals surface area contributed by atoms with Gasteiger partial charge in [-0.1, -0.05) is 44.2 Å². The van der Waals surface area contributed by atoms with Gasteiger partial charge in [0.15, 0.2) is 0 Å². The van der Waals surface area contributed by atoms with Gasteiger partial charge in [-0.25, -0.2) is 0 Å². The third-order valence-corrected chi connectivity index (χ3v) is 4.15. The molecule has 2 aromatic rings. The molecule has 2 aromatic carbocycles. The number of ether oxygens (including phenoxy) is 2. The third kappa shape index (κ3) is 6.68. The third-order valence-electron chi connectivity index (χ3n) is 4.15. The minimum absolute atomic E-state index is 0.0441. The van der Waals surface area contributed by atoms with Crippen LogP contribution >= 0.6 is 0 Å². The van der Waals surface area contributed by atoms with Crippen molar-refractivity contribution in [2.45, 2.75) is 45.6 Å². The Labute approximate surface area is 165 Å². The van der Waals surface area contributed by atoms with E-state index in [0.717, 1.165) is 10.8 Å². The van der Waals surface area contributed by atoms with E-state index in [0.29, 0.717) is 31.2 Å². The molecule has 0 aromatic heterocycles. The molecule has 0 atom stereocenters. The van der Waals surface area contributed by atoms with E-state index in [2.05, 4.69) is 5.32 Å². The molecule has 0 saturated carbocycles. The molecular weight excluding hydrogens is 358 g/mol. The van der Waals surface area contributed by atoms with Gasteiger partial charge in [-0.15, -0.1) is 0 Å². The second-order valence-electron chi connectivity index (χ2n) is 6.60. The largest absolute Gasteiger partial charge is 0.463 e. The number of hydrogen-bond acceptors (Lipinski definition) is 5. The van der Waals surface area contributed by atoms with Gasteiger partial charge >= 0.3 is 11.9 Å². The average Bonchev–Trinajstić information content (AvgIpc) is 2.70. The van der Waals surface area contributed by atoms with E-state index in [4.69, 9.17) is 9.47 Å². The van der Waals surface area contributed by atoms with Crippen molar-refractivity contribution in [1.82, 2.24) is 5.32 Å². The smallest absolute Gasteiger partial charge is 0.305 e. The predicted molar refractivity (Wildman–Crippen MR) is 107 cm³/mol. The second-order valence-corrected chi connectivity index (χ2v) is 6.60. The van der Waals surface area contributed by atoms with Crippen LogP contribution in [0.15, 0.2) is 42.5 Å². The van der Waals surface area contributed by atoms with Gasteiger partial charge in [-0.05, 0) is 35.7 Å². The van der Waals surface area contributed by atoms with Gasteiger partial charge in [0.2, 0.25) is 0 Å². The molecule has 150 valence electrons. The lowest BCUT2D eigenvalue weighted by molar-refractivity contribution is -0.147. The predicted octanol–water partition coefficient (Wildman–Crippen LogP) is 3.62. The minimum Gasteiger partial charge on any atom is -0.463 e. The molecular formula is C22H27NO5. The molecule has 0 fully saturated rings. The van der Waals surface area contributed by atoms with Crippen molar-refractivity contribution in [2.24, 2.45) is 0 Å². The molecule has 0 spiro atoms. The van der Waals surface area contributed by atoms with Gasteiger partial charge in [-0.3, -0.25) is 14.4 Å². The van der Waals surface area contributed by atoms with Crippen molar-refractivity contribution in [1.29, 1.82) is 0 Å². The number of nitrogens with one attached hydrogen (secondary N) is 1. The zero-order chi connectivity index (χ0) is 20.4. The summed E-state index contributed by atoms with van der Waals surface area (Å²) in [6, 6.07) is 12.6. The van der Waals surface area contributed by atoms with E-state index >= 15 is 0 Å². The summed E-state index contributed by atoms with van der Waals surface area (Å²) in [5, 5.41) is 4.79. The monoisotopic (exact) mass is 385 g/mol. The Bertz CT molecular complexity index is 795. The number of amides is 1. The Balaban J connectivity index is 2.03. The summed E-state index contributed by atoms with van der Waals surface area (Å²) >= 11 is 0. The Morgan fingerprint density at radius 1 is 0.857 bits per heavy atom. The van der Waals surface area contributed by atoms with Crippen molar-refractivity contribution >= 4 is 28.6 Å². The lowest BCUT2D eigenvalue weighted by Gasteiger charge is -2.19. The van der Waals surface area contributed by atoms with Gasteiger partial charge in [0.1, 0.15) is 13.2 Å². The van der Waals surface area contributed by atoms with Gasteiger partial charge in [0.25, 0.3) is 5.91 Å². The summed E-state index contributed by atoms with van der Waals surface area (Å²) in [7, 11) is 0. The van der Waals surface area contributed by atoms with Crippen LogP contribution in [0.25, 0.3) is 10.8 Å². The Hall–Kier alpha value is -2.89. The number of esters is 2. The molecule has 0 aliphatic heterocycles.